The molecule has 22 heavy (non-hydrogen) atoms. The van der Waals surface area contributed by atoms with Crippen molar-refractivity contribution >= 4 is 41.5 Å². The number of aliphatic imine (C=N–C) groups is 1. The van der Waals surface area contributed by atoms with Crippen LogP contribution in [0, 0.1) is 0 Å². The van der Waals surface area contributed by atoms with Crippen molar-refractivity contribution < 1.29 is 4.74 Å². The zero-order valence-electron chi connectivity index (χ0n) is 13.9. The Balaban J connectivity index is 0.00000441. The monoisotopic (exact) mass is 442 g/mol. The number of nitrogens with zero attached hydrogens (tertiary/aromatic N) is 3. The van der Waals surface area contributed by atoms with E-state index in [1.165, 1.54) is 0 Å². The molecule has 0 aromatic carbocycles. The predicted octanol–water partition coefficient (Wildman–Crippen LogP) is 3.12. The van der Waals surface area contributed by atoms with E-state index in [0.717, 1.165) is 55.9 Å². The van der Waals surface area contributed by atoms with Crippen LogP contribution < -0.4 is 5.32 Å². The first kappa shape index (κ1) is 21.5. The molecule has 0 bridgehead atoms. The molecule has 0 fully saturated rings. The maximum atomic E-state index is 6.02. The van der Waals surface area contributed by atoms with E-state index in [1.54, 1.807) is 0 Å². The van der Waals surface area contributed by atoms with Crippen LogP contribution in [-0.4, -0.2) is 48.8 Å². The van der Waals surface area contributed by atoms with Gasteiger partial charge in [-0.15, -0.1) is 24.0 Å². The molecule has 0 atom stereocenters. The molecule has 128 valence electrons. The van der Waals surface area contributed by atoms with Crippen molar-refractivity contribution in [2.45, 2.75) is 26.8 Å². The first-order chi connectivity index (χ1) is 10.1. The fraction of sp³-hybridized carbons (Fsp3) is 0.667. The van der Waals surface area contributed by atoms with E-state index in [9.17, 15) is 0 Å². The van der Waals surface area contributed by atoms with Gasteiger partial charge >= 0.3 is 0 Å². The molecule has 5 nitrogen and oxygen atoms in total. The molecule has 1 rings (SSSR count). The van der Waals surface area contributed by atoms with Gasteiger partial charge in [0.2, 0.25) is 0 Å². The van der Waals surface area contributed by atoms with E-state index in [2.05, 4.69) is 22.1 Å². The van der Waals surface area contributed by atoms with Crippen LogP contribution in [0.5, 0.6) is 0 Å². The third kappa shape index (κ3) is 7.69. The highest BCUT2D eigenvalue weighted by atomic mass is 127. The van der Waals surface area contributed by atoms with Crippen molar-refractivity contribution in [2.24, 2.45) is 12.0 Å². The molecule has 7 heteroatoms. The van der Waals surface area contributed by atoms with Crippen molar-refractivity contribution in [2.75, 3.05) is 33.4 Å². The maximum absolute atomic E-state index is 6.02. The zero-order valence-corrected chi connectivity index (χ0v) is 17.0. The number of nitrogens with one attached hydrogen (secondary N) is 1. The fourth-order valence-electron chi connectivity index (χ4n) is 2.01. The molecule has 0 amide bonds. The number of hydrogen-bond acceptors (Lipinski definition) is 2. The average Bonchev–Trinajstić information content (AvgIpc) is 2.75. The van der Waals surface area contributed by atoms with Crippen molar-refractivity contribution in [1.29, 1.82) is 0 Å². The summed E-state index contributed by atoms with van der Waals surface area (Å²) in [6, 6.07) is 1.98. The van der Waals surface area contributed by atoms with Gasteiger partial charge in [-0.2, -0.15) is 0 Å². The summed E-state index contributed by atoms with van der Waals surface area (Å²) < 4.78 is 7.37. The number of hydrogen-bond donors (Lipinski definition) is 1. The van der Waals surface area contributed by atoms with Gasteiger partial charge in [0.25, 0.3) is 0 Å². The minimum Gasteiger partial charge on any atom is -0.382 e. The minimum absolute atomic E-state index is 0. The molecule has 0 aliphatic rings. The van der Waals surface area contributed by atoms with Crippen molar-refractivity contribution in [3.63, 3.8) is 0 Å². The summed E-state index contributed by atoms with van der Waals surface area (Å²) in [5, 5.41) is 4.08. The molecule has 0 unspecified atom stereocenters. The van der Waals surface area contributed by atoms with Crippen LogP contribution in [0.1, 0.15) is 26.0 Å². The lowest BCUT2D eigenvalue weighted by Crippen LogP contribution is -2.39. The third-order valence-electron chi connectivity index (χ3n) is 3.08. The molecular formula is C15H28ClIN4O. The summed E-state index contributed by atoms with van der Waals surface area (Å²) in [5.74, 6) is 0.909. The normalized spacial score (nSPS) is 11.2. The van der Waals surface area contributed by atoms with Crippen molar-refractivity contribution in [3.8, 4) is 0 Å². The zero-order chi connectivity index (χ0) is 15.7. The third-order valence-corrected chi connectivity index (χ3v) is 3.29. The van der Waals surface area contributed by atoms with Gasteiger partial charge in [0.1, 0.15) is 0 Å². The summed E-state index contributed by atoms with van der Waals surface area (Å²) in [6.45, 7) is 7.98. The fourth-order valence-corrected chi connectivity index (χ4v) is 2.28. The first-order valence-corrected chi connectivity index (χ1v) is 7.84. The van der Waals surface area contributed by atoms with E-state index < -0.39 is 0 Å². The van der Waals surface area contributed by atoms with Gasteiger partial charge in [0.05, 0.1) is 11.6 Å². The Morgan fingerprint density at radius 2 is 2.18 bits per heavy atom. The molecule has 1 aromatic heterocycles. The SMILES string of the molecule is CCNC(=NCCCOCC)N(C)Cc1cc(Cl)cn1C.I. The van der Waals surface area contributed by atoms with E-state index >= 15 is 0 Å². The second-order valence-corrected chi connectivity index (χ2v) is 5.34. The summed E-state index contributed by atoms with van der Waals surface area (Å²) in [5.41, 5.74) is 1.16. The van der Waals surface area contributed by atoms with E-state index in [4.69, 9.17) is 16.3 Å². The number of guanidine groups is 1. The molecule has 0 aliphatic carbocycles. The van der Waals surface area contributed by atoms with Crippen LogP contribution in [-0.2, 0) is 18.3 Å². The Bertz CT molecular complexity index is 451. The molecule has 0 aliphatic heterocycles. The van der Waals surface area contributed by atoms with Crippen LogP contribution in [0.4, 0.5) is 0 Å². The van der Waals surface area contributed by atoms with Crippen LogP contribution in [0.25, 0.3) is 0 Å². The van der Waals surface area contributed by atoms with Crippen LogP contribution in [0.2, 0.25) is 5.02 Å². The first-order valence-electron chi connectivity index (χ1n) is 7.46. The summed E-state index contributed by atoms with van der Waals surface area (Å²) in [6.07, 6.45) is 2.85. The van der Waals surface area contributed by atoms with Gasteiger partial charge in [-0.1, -0.05) is 11.6 Å². The lowest BCUT2D eigenvalue weighted by molar-refractivity contribution is 0.146. The van der Waals surface area contributed by atoms with E-state index in [-0.39, 0.29) is 24.0 Å². The molecule has 0 saturated heterocycles. The number of halogens is 2. The Labute approximate surface area is 156 Å². The number of ether oxygens (including phenoxy) is 1. The smallest absolute Gasteiger partial charge is 0.194 e. The lowest BCUT2D eigenvalue weighted by atomic mass is 10.4. The Morgan fingerprint density at radius 3 is 2.73 bits per heavy atom. The highest BCUT2D eigenvalue weighted by Gasteiger charge is 2.09. The standard InChI is InChI=1S/C15H27ClN4O.HI/c1-5-17-15(18-8-7-9-21-6-2)20(4)12-14-10-13(16)11-19(14)3;/h10-11H,5-9,12H2,1-4H3,(H,17,18);1H. The molecule has 1 heterocycles. The van der Waals surface area contributed by atoms with Crippen molar-refractivity contribution in [3.05, 3.63) is 23.0 Å². The van der Waals surface area contributed by atoms with Crippen LogP contribution in [0.15, 0.2) is 17.3 Å². The van der Waals surface area contributed by atoms with Gasteiger partial charge in [-0.05, 0) is 26.3 Å². The van der Waals surface area contributed by atoms with Crippen LogP contribution >= 0.6 is 35.6 Å². The van der Waals surface area contributed by atoms with Crippen LogP contribution in [0.3, 0.4) is 0 Å². The summed E-state index contributed by atoms with van der Waals surface area (Å²) in [4.78, 5) is 6.73. The average molecular weight is 443 g/mol. The second kappa shape index (κ2) is 12.0. The Morgan fingerprint density at radius 1 is 1.45 bits per heavy atom. The highest BCUT2D eigenvalue weighted by molar-refractivity contribution is 14.0. The summed E-state index contributed by atoms with van der Waals surface area (Å²) >= 11 is 6.02. The topological polar surface area (TPSA) is 41.8 Å². The second-order valence-electron chi connectivity index (χ2n) is 4.90. The lowest BCUT2D eigenvalue weighted by Gasteiger charge is -2.22. The highest BCUT2D eigenvalue weighted by Crippen LogP contribution is 2.14. The molecule has 0 radical (unpaired) electrons. The maximum Gasteiger partial charge on any atom is 0.194 e. The van der Waals surface area contributed by atoms with E-state index in [0.29, 0.717) is 0 Å². The molecule has 1 aromatic rings. The van der Waals surface area contributed by atoms with Gasteiger partial charge < -0.3 is 19.5 Å². The van der Waals surface area contributed by atoms with Crippen molar-refractivity contribution in [1.82, 2.24) is 14.8 Å². The predicted molar refractivity (Wildman–Crippen MR) is 104 cm³/mol. The molecular weight excluding hydrogens is 415 g/mol. The van der Waals surface area contributed by atoms with E-state index in [1.807, 2.05) is 37.8 Å². The molecule has 1 N–H and O–H groups in total. The molecule has 0 saturated carbocycles. The number of rotatable bonds is 8. The quantitative estimate of drug-likeness (QED) is 0.291. The number of aryl methyl sites for hydroxylation is 1. The van der Waals surface area contributed by atoms with Gasteiger partial charge in [-0.3, -0.25) is 4.99 Å². The van der Waals surface area contributed by atoms with Gasteiger partial charge in [0.15, 0.2) is 5.96 Å². The number of aromatic nitrogens is 1. The largest absolute Gasteiger partial charge is 0.382 e. The summed E-state index contributed by atoms with van der Waals surface area (Å²) in [7, 11) is 4.03. The minimum atomic E-state index is 0. The van der Waals surface area contributed by atoms with Gasteiger partial charge in [-0.25, -0.2) is 0 Å². The Kier molecular flexibility index (Phi) is 11.8. The van der Waals surface area contributed by atoms with Gasteiger partial charge in [0, 0.05) is 52.3 Å². The Hall–Kier alpha value is -0.470. The molecule has 0 spiro atoms.